The fourth-order valence-corrected chi connectivity index (χ4v) is 0.950. The van der Waals surface area contributed by atoms with Gasteiger partial charge < -0.3 is 9.64 Å². The molecule has 0 unspecified atom stereocenters. The van der Waals surface area contributed by atoms with Crippen LogP contribution in [0, 0.1) is 0 Å². The smallest absolute Gasteiger partial charge is 0.233 e. The molecule has 54 valence electrons. The summed E-state index contributed by atoms with van der Waals surface area (Å²) in [5, 5.41) is 0. The van der Waals surface area contributed by atoms with Crippen LogP contribution in [-0.2, 0) is 9.53 Å². The molecule has 0 aliphatic carbocycles. The predicted molar refractivity (Wildman–Crippen MR) is 43.5 cm³/mol. The molecule has 1 amide bonds. The maximum atomic E-state index is 10.7. The number of nitrogens with zero attached hydrogens (tertiary/aromatic N) is 1. The number of hydrogen-bond acceptors (Lipinski definition) is 2. The van der Waals surface area contributed by atoms with Crippen molar-refractivity contribution in [2.24, 2.45) is 0 Å². The van der Waals surface area contributed by atoms with Crippen LogP contribution in [0.15, 0.2) is 0 Å². The number of amides is 1. The quantitative estimate of drug-likeness (QED) is 0.410. The van der Waals surface area contributed by atoms with Gasteiger partial charge >= 0.3 is 0 Å². The van der Waals surface area contributed by atoms with Crippen molar-refractivity contribution in [2.75, 3.05) is 25.3 Å². The molecule has 0 aromatic heterocycles. The van der Waals surface area contributed by atoms with Gasteiger partial charge in [-0.15, -0.1) is 0 Å². The Labute approximate surface area is 68.5 Å². The average molecular weight is 243 g/mol. The van der Waals surface area contributed by atoms with Crippen LogP contribution in [0.3, 0.4) is 0 Å². The molecule has 0 rings (SSSR count). The first kappa shape index (κ1) is 9.16. The summed E-state index contributed by atoms with van der Waals surface area (Å²) in [5.74, 6) is 0.0949. The van der Waals surface area contributed by atoms with E-state index in [0.29, 0.717) is 11.2 Å². The highest BCUT2D eigenvalue weighted by Crippen LogP contribution is 1.89. The number of hydrogen-bond donors (Lipinski definition) is 0. The molecule has 0 aliphatic rings. The molecule has 0 heterocycles. The van der Waals surface area contributed by atoms with Gasteiger partial charge in [-0.2, -0.15) is 0 Å². The van der Waals surface area contributed by atoms with Crippen LogP contribution < -0.4 is 0 Å². The second-order valence-electron chi connectivity index (χ2n) is 1.64. The first-order valence-electron chi connectivity index (χ1n) is 2.51. The van der Waals surface area contributed by atoms with Crippen molar-refractivity contribution in [3.63, 3.8) is 0 Å². The number of carbonyl (C=O) groups excluding carboxylic acids is 1. The summed E-state index contributed by atoms with van der Waals surface area (Å²) < 4.78 is 5.24. The van der Waals surface area contributed by atoms with Crippen molar-refractivity contribution in [3.05, 3.63) is 0 Å². The molecule has 9 heavy (non-hydrogen) atoms. The molecular weight excluding hydrogens is 233 g/mol. The van der Waals surface area contributed by atoms with Gasteiger partial charge in [-0.05, 0) is 0 Å². The molecule has 0 aromatic rings. The Balaban J connectivity index is 3.45. The zero-order valence-electron chi connectivity index (χ0n) is 5.56. The molecule has 0 aliphatic heterocycles. The van der Waals surface area contributed by atoms with E-state index in [-0.39, 0.29) is 5.91 Å². The van der Waals surface area contributed by atoms with E-state index in [4.69, 9.17) is 4.74 Å². The third-order valence-corrected chi connectivity index (χ3v) is 1.52. The van der Waals surface area contributed by atoms with Crippen molar-refractivity contribution < 1.29 is 9.53 Å². The number of methoxy groups -OCH3 is 1. The lowest BCUT2D eigenvalue weighted by atomic mass is 10.6. The molecule has 3 nitrogen and oxygen atoms in total. The maximum absolute atomic E-state index is 10.7. The van der Waals surface area contributed by atoms with Crippen LogP contribution in [0.5, 0.6) is 0 Å². The number of rotatable bonds is 3. The predicted octanol–water partition coefficient (Wildman–Crippen LogP) is 0.484. The zero-order chi connectivity index (χ0) is 7.28. The van der Waals surface area contributed by atoms with E-state index in [1.807, 2.05) is 22.6 Å². The minimum Gasteiger partial charge on any atom is -0.364 e. The van der Waals surface area contributed by atoms with Gasteiger partial charge in [-0.3, -0.25) is 4.79 Å². The summed E-state index contributed by atoms with van der Waals surface area (Å²) in [4.78, 5) is 12.3. The zero-order valence-corrected chi connectivity index (χ0v) is 7.71. The van der Waals surface area contributed by atoms with E-state index in [0.717, 1.165) is 0 Å². The van der Waals surface area contributed by atoms with Gasteiger partial charge in [-0.25, -0.2) is 0 Å². The molecule has 0 bridgehead atoms. The molecule has 0 atom stereocenters. The summed E-state index contributed by atoms with van der Waals surface area (Å²) in [6.07, 6.45) is 0. The fourth-order valence-electron chi connectivity index (χ4n) is 0.368. The lowest BCUT2D eigenvalue weighted by Gasteiger charge is -2.13. The van der Waals surface area contributed by atoms with Gasteiger partial charge in [-0.1, -0.05) is 22.6 Å². The molecule has 0 N–H and O–H groups in total. The standard InChI is InChI=1S/C5H10INO2/c1-7(4-9-2)5(8)3-6/h3-4H2,1-2H3. The van der Waals surface area contributed by atoms with Crippen molar-refractivity contribution in [2.45, 2.75) is 0 Å². The van der Waals surface area contributed by atoms with E-state index in [1.165, 1.54) is 4.90 Å². The van der Waals surface area contributed by atoms with Crippen LogP contribution in [0.2, 0.25) is 0 Å². The Morgan fingerprint density at radius 3 is 2.67 bits per heavy atom. The Hall–Kier alpha value is 0.160. The Kier molecular flexibility index (Phi) is 5.07. The van der Waals surface area contributed by atoms with Crippen LogP contribution in [0.1, 0.15) is 0 Å². The second-order valence-corrected chi connectivity index (χ2v) is 2.41. The van der Waals surface area contributed by atoms with E-state index in [1.54, 1.807) is 14.2 Å². The first-order chi connectivity index (χ1) is 4.22. The van der Waals surface area contributed by atoms with E-state index in [2.05, 4.69) is 0 Å². The van der Waals surface area contributed by atoms with Gasteiger partial charge in [0.25, 0.3) is 0 Å². The molecule has 0 spiro atoms. The Morgan fingerprint density at radius 2 is 2.33 bits per heavy atom. The minimum atomic E-state index is 0.0949. The highest BCUT2D eigenvalue weighted by molar-refractivity contribution is 14.1. The highest BCUT2D eigenvalue weighted by atomic mass is 127. The fraction of sp³-hybridized carbons (Fsp3) is 0.800. The molecule has 0 aromatic carbocycles. The number of halogens is 1. The van der Waals surface area contributed by atoms with Gasteiger partial charge in [0.2, 0.25) is 5.91 Å². The molecule has 0 saturated heterocycles. The first-order valence-corrected chi connectivity index (χ1v) is 4.03. The topological polar surface area (TPSA) is 29.5 Å². The van der Waals surface area contributed by atoms with Crippen molar-refractivity contribution in [1.29, 1.82) is 0 Å². The number of ether oxygens (including phenoxy) is 1. The molecular formula is C5H10INO2. The van der Waals surface area contributed by atoms with Crippen molar-refractivity contribution in [3.8, 4) is 0 Å². The molecule has 0 fully saturated rings. The molecule has 4 heteroatoms. The van der Waals surface area contributed by atoms with Gasteiger partial charge in [0.1, 0.15) is 6.73 Å². The normalized spacial score (nSPS) is 9.22. The summed E-state index contributed by atoms with van der Waals surface area (Å²) in [7, 11) is 3.28. The summed E-state index contributed by atoms with van der Waals surface area (Å²) in [6.45, 7) is 0.377. The Bertz CT molecular complexity index is 97.0. The van der Waals surface area contributed by atoms with Crippen LogP contribution in [0.25, 0.3) is 0 Å². The third kappa shape index (κ3) is 3.69. The highest BCUT2D eigenvalue weighted by Gasteiger charge is 2.03. The van der Waals surface area contributed by atoms with Crippen LogP contribution in [0.4, 0.5) is 0 Å². The lowest BCUT2D eigenvalue weighted by Crippen LogP contribution is -2.29. The number of carbonyl (C=O) groups is 1. The van der Waals surface area contributed by atoms with Crippen molar-refractivity contribution >= 4 is 28.5 Å². The van der Waals surface area contributed by atoms with Gasteiger partial charge in [0.05, 0.1) is 4.43 Å². The third-order valence-electron chi connectivity index (χ3n) is 0.863. The lowest BCUT2D eigenvalue weighted by molar-refractivity contribution is -0.130. The van der Waals surface area contributed by atoms with Gasteiger partial charge in [0.15, 0.2) is 0 Å². The Morgan fingerprint density at radius 1 is 1.78 bits per heavy atom. The average Bonchev–Trinajstić information content (AvgIpc) is 1.87. The number of alkyl halides is 1. The maximum Gasteiger partial charge on any atom is 0.233 e. The van der Waals surface area contributed by atoms with E-state index < -0.39 is 0 Å². The largest absolute Gasteiger partial charge is 0.364 e. The monoisotopic (exact) mass is 243 g/mol. The molecule has 0 radical (unpaired) electrons. The summed E-state index contributed by atoms with van der Waals surface area (Å²) in [5.41, 5.74) is 0. The van der Waals surface area contributed by atoms with Gasteiger partial charge in [0, 0.05) is 14.2 Å². The summed E-state index contributed by atoms with van der Waals surface area (Å²) >= 11 is 2.02. The van der Waals surface area contributed by atoms with Crippen LogP contribution in [-0.4, -0.2) is 36.1 Å². The SMILES string of the molecule is COCN(C)C(=O)CI. The second kappa shape index (κ2) is 4.99. The van der Waals surface area contributed by atoms with E-state index >= 15 is 0 Å². The van der Waals surface area contributed by atoms with E-state index in [9.17, 15) is 4.79 Å². The summed E-state index contributed by atoms with van der Waals surface area (Å²) in [6, 6.07) is 0. The minimum absolute atomic E-state index is 0.0949. The van der Waals surface area contributed by atoms with Crippen LogP contribution >= 0.6 is 22.6 Å². The van der Waals surface area contributed by atoms with Crippen molar-refractivity contribution in [1.82, 2.24) is 4.90 Å². The molecule has 0 saturated carbocycles.